The number of hydrogen-bond donors (Lipinski definition) is 1. The highest BCUT2D eigenvalue weighted by Gasteiger charge is 2.15. The van der Waals surface area contributed by atoms with Crippen molar-refractivity contribution in [1.82, 2.24) is 15.0 Å². The van der Waals surface area contributed by atoms with Crippen LogP contribution in [-0.4, -0.2) is 28.5 Å². The third-order valence-electron chi connectivity index (χ3n) is 2.84. The van der Waals surface area contributed by atoms with E-state index in [0.717, 1.165) is 11.8 Å². The average molecular weight is 286 g/mol. The lowest BCUT2D eigenvalue weighted by Gasteiger charge is -2.23. The molecule has 0 unspecified atom stereocenters. The van der Waals surface area contributed by atoms with Crippen molar-refractivity contribution < 1.29 is 4.39 Å². The van der Waals surface area contributed by atoms with Crippen LogP contribution in [0.15, 0.2) is 30.7 Å². The quantitative estimate of drug-likeness (QED) is 0.874. The Hall–Kier alpha value is -2.75. The molecular weight excluding hydrogens is 271 g/mol. The van der Waals surface area contributed by atoms with Gasteiger partial charge in [-0.3, -0.25) is 4.98 Å². The SMILES string of the molecule is CNc1ncc(F)c(N(CCC#N)Cc2cccnc2)n1. The van der Waals surface area contributed by atoms with E-state index >= 15 is 0 Å². The molecule has 2 aromatic heterocycles. The largest absolute Gasteiger partial charge is 0.357 e. The lowest BCUT2D eigenvalue weighted by Crippen LogP contribution is -2.26. The lowest BCUT2D eigenvalue weighted by atomic mass is 10.2. The molecule has 0 saturated heterocycles. The van der Waals surface area contributed by atoms with E-state index in [1.165, 1.54) is 0 Å². The first kappa shape index (κ1) is 14.7. The first-order valence-electron chi connectivity index (χ1n) is 6.45. The molecule has 7 heteroatoms. The molecule has 0 aliphatic carbocycles. The minimum atomic E-state index is -0.518. The van der Waals surface area contributed by atoms with Gasteiger partial charge in [0.2, 0.25) is 5.95 Å². The van der Waals surface area contributed by atoms with Crippen LogP contribution in [0.25, 0.3) is 0 Å². The van der Waals surface area contributed by atoms with Crippen molar-refractivity contribution in [2.75, 3.05) is 23.8 Å². The van der Waals surface area contributed by atoms with Gasteiger partial charge in [-0.15, -0.1) is 0 Å². The monoisotopic (exact) mass is 286 g/mol. The Morgan fingerprint density at radius 1 is 1.43 bits per heavy atom. The van der Waals surface area contributed by atoms with Gasteiger partial charge in [-0.1, -0.05) is 6.07 Å². The summed E-state index contributed by atoms with van der Waals surface area (Å²) in [6, 6.07) is 5.77. The molecule has 2 heterocycles. The molecule has 0 aromatic carbocycles. The van der Waals surface area contributed by atoms with Crippen LogP contribution in [0.2, 0.25) is 0 Å². The number of nitrogens with zero attached hydrogens (tertiary/aromatic N) is 5. The Morgan fingerprint density at radius 2 is 2.29 bits per heavy atom. The molecule has 0 bridgehead atoms. The number of halogens is 1. The summed E-state index contributed by atoms with van der Waals surface area (Å²) in [5, 5.41) is 11.5. The maximum absolute atomic E-state index is 14.0. The summed E-state index contributed by atoms with van der Waals surface area (Å²) >= 11 is 0. The van der Waals surface area contributed by atoms with Gasteiger partial charge >= 0.3 is 0 Å². The van der Waals surface area contributed by atoms with Gasteiger partial charge in [-0.05, 0) is 11.6 Å². The molecule has 0 atom stereocenters. The molecule has 21 heavy (non-hydrogen) atoms. The zero-order chi connectivity index (χ0) is 15.1. The van der Waals surface area contributed by atoms with E-state index in [1.807, 2.05) is 12.1 Å². The third-order valence-corrected chi connectivity index (χ3v) is 2.84. The molecule has 0 spiro atoms. The highest BCUT2D eigenvalue weighted by molar-refractivity contribution is 5.44. The molecule has 2 aromatic rings. The number of nitriles is 1. The van der Waals surface area contributed by atoms with E-state index in [1.54, 1.807) is 24.3 Å². The summed E-state index contributed by atoms with van der Waals surface area (Å²) < 4.78 is 14.0. The van der Waals surface area contributed by atoms with Crippen molar-refractivity contribution in [3.05, 3.63) is 42.1 Å². The highest BCUT2D eigenvalue weighted by Crippen LogP contribution is 2.19. The number of nitrogens with one attached hydrogen (secondary N) is 1. The predicted molar refractivity (Wildman–Crippen MR) is 77.1 cm³/mol. The average Bonchev–Trinajstić information content (AvgIpc) is 2.53. The zero-order valence-corrected chi connectivity index (χ0v) is 11.6. The third kappa shape index (κ3) is 3.86. The maximum Gasteiger partial charge on any atom is 0.224 e. The normalized spacial score (nSPS) is 9.95. The summed E-state index contributed by atoms with van der Waals surface area (Å²) in [6.45, 7) is 0.801. The van der Waals surface area contributed by atoms with Gasteiger partial charge in [0.05, 0.1) is 18.7 Å². The van der Waals surface area contributed by atoms with E-state index in [4.69, 9.17) is 5.26 Å². The van der Waals surface area contributed by atoms with E-state index in [9.17, 15) is 4.39 Å². The van der Waals surface area contributed by atoms with E-state index < -0.39 is 5.82 Å². The molecule has 0 radical (unpaired) electrons. The minimum absolute atomic E-state index is 0.174. The van der Waals surface area contributed by atoms with Crippen molar-refractivity contribution in [3.63, 3.8) is 0 Å². The van der Waals surface area contributed by atoms with Crippen molar-refractivity contribution >= 4 is 11.8 Å². The number of rotatable bonds is 6. The summed E-state index contributed by atoms with van der Waals surface area (Å²) in [4.78, 5) is 13.7. The summed E-state index contributed by atoms with van der Waals surface area (Å²) in [6.07, 6.45) is 4.78. The lowest BCUT2D eigenvalue weighted by molar-refractivity contribution is 0.600. The second-order valence-electron chi connectivity index (χ2n) is 4.31. The van der Waals surface area contributed by atoms with Crippen LogP contribution in [0.3, 0.4) is 0 Å². The first-order valence-corrected chi connectivity index (χ1v) is 6.45. The van der Waals surface area contributed by atoms with E-state index in [2.05, 4.69) is 26.3 Å². The maximum atomic E-state index is 14.0. The minimum Gasteiger partial charge on any atom is -0.357 e. The summed E-state index contributed by atoms with van der Waals surface area (Å²) in [5.41, 5.74) is 0.916. The van der Waals surface area contributed by atoms with Crippen molar-refractivity contribution in [3.8, 4) is 6.07 Å². The van der Waals surface area contributed by atoms with E-state index in [0.29, 0.717) is 19.0 Å². The Morgan fingerprint density at radius 3 is 2.95 bits per heavy atom. The second kappa shape index (κ2) is 7.14. The van der Waals surface area contributed by atoms with Gasteiger partial charge in [0.25, 0.3) is 0 Å². The number of anilines is 2. The Balaban J connectivity index is 2.29. The topological polar surface area (TPSA) is 77.7 Å². The molecule has 0 aliphatic heterocycles. The zero-order valence-electron chi connectivity index (χ0n) is 11.6. The summed E-state index contributed by atoms with van der Waals surface area (Å²) in [7, 11) is 1.66. The molecule has 1 N–H and O–H groups in total. The van der Waals surface area contributed by atoms with Crippen LogP contribution >= 0.6 is 0 Å². The van der Waals surface area contributed by atoms with Gasteiger partial charge in [-0.25, -0.2) is 9.37 Å². The van der Waals surface area contributed by atoms with Crippen molar-refractivity contribution in [1.29, 1.82) is 5.26 Å². The Kier molecular flexibility index (Phi) is 4.99. The first-order chi connectivity index (χ1) is 10.2. The fourth-order valence-electron chi connectivity index (χ4n) is 1.86. The van der Waals surface area contributed by atoms with Gasteiger partial charge in [-0.2, -0.15) is 10.2 Å². The van der Waals surface area contributed by atoms with Gasteiger partial charge in [0.15, 0.2) is 11.6 Å². The Bertz CT molecular complexity index is 625. The number of aromatic nitrogens is 3. The molecule has 0 fully saturated rings. The molecule has 6 nitrogen and oxygen atoms in total. The van der Waals surface area contributed by atoms with Crippen LogP contribution in [0.4, 0.5) is 16.2 Å². The standard InChI is InChI=1S/C14H15FN6/c1-17-14-19-9-12(15)13(20-14)21(7-3-5-16)10-11-4-2-6-18-8-11/h2,4,6,8-9H,3,7,10H2,1H3,(H,17,19,20). The number of hydrogen-bond acceptors (Lipinski definition) is 6. The van der Waals surface area contributed by atoms with Crippen LogP contribution in [0.5, 0.6) is 0 Å². The molecule has 0 aliphatic rings. The van der Waals surface area contributed by atoms with E-state index in [-0.39, 0.29) is 12.2 Å². The second-order valence-corrected chi connectivity index (χ2v) is 4.31. The molecule has 2 rings (SSSR count). The predicted octanol–water partition coefficient (Wildman–Crippen LogP) is 1.97. The fraction of sp³-hybridized carbons (Fsp3) is 0.286. The van der Waals surface area contributed by atoms with Crippen LogP contribution < -0.4 is 10.2 Å². The number of pyridine rings is 1. The molecule has 0 amide bonds. The van der Waals surface area contributed by atoms with Gasteiger partial charge < -0.3 is 10.2 Å². The highest BCUT2D eigenvalue weighted by atomic mass is 19.1. The van der Waals surface area contributed by atoms with Crippen LogP contribution in [-0.2, 0) is 6.54 Å². The smallest absolute Gasteiger partial charge is 0.224 e. The van der Waals surface area contributed by atoms with Crippen molar-refractivity contribution in [2.45, 2.75) is 13.0 Å². The molecule has 0 saturated carbocycles. The fourth-order valence-corrected chi connectivity index (χ4v) is 1.86. The van der Waals surface area contributed by atoms with Gasteiger partial charge in [0, 0.05) is 32.5 Å². The van der Waals surface area contributed by atoms with Gasteiger partial charge in [0.1, 0.15) is 0 Å². The van der Waals surface area contributed by atoms with Crippen LogP contribution in [0, 0.1) is 17.1 Å². The van der Waals surface area contributed by atoms with Crippen molar-refractivity contribution in [2.24, 2.45) is 0 Å². The molecular formula is C14H15FN6. The Labute approximate surface area is 122 Å². The van der Waals surface area contributed by atoms with Crippen LogP contribution in [0.1, 0.15) is 12.0 Å². The molecule has 108 valence electrons. The summed E-state index contributed by atoms with van der Waals surface area (Å²) in [5.74, 6) is -0.0103.